The van der Waals surface area contributed by atoms with Gasteiger partial charge in [0.25, 0.3) is 11.5 Å². The summed E-state index contributed by atoms with van der Waals surface area (Å²) in [5.41, 5.74) is 0.759. The van der Waals surface area contributed by atoms with Crippen LogP contribution >= 0.6 is 0 Å². The lowest BCUT2D eigenvalue weighted by molar-refractivity contribution is -0.0208. The molecule has 5 rings (SSSR count). The summed E-state index contributed by atoms with van der Waals surface area (Å²) in [6, 6.07) is 3.39. The number of nitrogens with zero attached hydrogens (tertiary/aromatic N) is 4. The third kappa shape index (κ3) is 3.36. The molecule has 0 unspecified atom stereocenters. The number of hydrogen-bond donors (Lipinski definition) is 2. The van der Waals surface area contributed by atoms with E-state index in [4.69, 9.17) is 4.74 Å². The Hall–Kier alpha value is -3.69. The van der Waals surface area contributed by atoms with Crippen LogP contribution in [0.1, 0.15) is 68.9 Å². The summed E-state index contributed by atoms with van der Waals surface area (Å²) in [7, 11) is 0. The van der Waals surface area contributed by atoms with Gasteiger partial charge in [0.05, 0.1) is 12.0 Å². The van der Waals surface area contributed by atoms with Crippen molar-refractivity contribution in [3.8, 4) is 0 Å². The molecule has 0 saturated heterocycles. The van der Waals surface area contributed by atoms with E-state index in [9.17, 15) is 14.4 Å². The molecule has 0 atom stereocenters. The molecule has 0 radical (unpaired) electrons. The van der Waals surface area contributed by atoms with Crippen LogP contribution < -0.4 is 10.9 Å². The third-order valence-electron chi connectivity index (χ3n) is 6.45. The minimum absolute atomic E-state index is 0.239. The minimum Gasteiger partial charge on any atom is -0.443 e. The highest BCUT2D eigenvalue weighted by molar-refractivity contribution is 6.05. The van der Waals surface area contributed by atoms with E-state index in [1.54, 1.807) is 46.0 Å². The zero-order valence-electron chi connectivity index (χ0n) is 19.8. The summed E-state index contributed by atoms with van der Waals surface area (Å²) in [5.74, 6) is -0.490. The van der Waals surface area contributed by atoms with Gasteiger partial charge in [-0.05, 0) is 71.1 Å². The van der Waals surface area contributed by atoms with Gasteiger partial charge in [0, 0.05) is 6.20 Å². The number of ether oxygens (including phenoxy) is 1. The number of anilines is 2. The number of amides is 2. The Morgan fingerprint density at radius 3 is 2.59 bits per heavy atom. The zero-order chi connectivity index (χ0) is 24.3. The van der Waals surface area contributed by atoms with Crippen LogP contribution in [0.2, 0.25) is 0 Å². The van der Waals surface area contributed by atoms with Crippen LogP contribution in [0.5, 0.6) is 0 Å². The lowest BCUT2D eigenvalue weighted by Gasteiger charge is -2.41. The van der Waals surface area contributed by atoms with Crippen LogP contribution in [0.4, 0.5) is 16.2 Å². The molecular weight excluding hydrogens is 436 g/mol. The Labute approximate surface area is 196 Å². The van der Waals surface area contributed by atoms with Crippen molar-refractivity contribution in [3.05, 3.63) is 46.3 Å². The molecular formula is C24H28N6O4. The van der Waals surface area contributed by atoms with E-state index in [2.05, 4.69) is 20.3 Å². The Balaban J connectivity index is 1.66. The van der Waals surface area contributed by atoms with E-state index in [1.165, 1.54) is 15.8 Å². The number of aromatic amines is 1. The van der Waals surface area contributed by atoms with E-state index in [0.29, 0.717) is 40.9 Å². The van der Waals surface area contributed by atoms with Gasteiger partial charge < -0.3 is 15.0 Å². The second kappa shape index (κ2) is 7.68. The topological polar surface area (TPSA) is 122 Å². The summed E-state index contributed by atoms with van der Waals surface area (Å²) >= 11 is 0. The van der Waals surface area contributed by atoms with Crippen molar-refractivity contribution in [2.45, 2.75) is 71.1 Å². The number of hydrogen-bond acceptors (Lipinski definition) is 7. The fourth-order valence-corrected chi connectivity index (χ4v) is 5.11. The summed E-state index contributed by atoms with van der Waals surface area (Å²) in [6.07, 6.45) is 6.03. The lowest BCUT2D eigenvalue weighted by atomic mass is 9.88. The molecule has 0 bridgehead atoms. The minimum atomic E-state index is -1.08. The molecule has 34 heavy (non-hydrogen) atoms. The number of pyridine rings is 2. The fraction of sp³-hybridized carbons (Fsp3) is 0.458. The fourth-order valence-electron chi connectivity index (χ4n) is 5.11. The monoisotopic (exact) mass is 464 g/mol. The molecule has 1 aliphatic heterocycles. The highest BCUT2D eigenvalue weighted by Gasteiger charge is 2.55. The summed E-state index contributed by atoms with van der Waals surface area (Å²) in [5, 5.41) is 3.19. The molecule has 1 spiro atoms. The standard InChI is InChI=1S/C24H28N6O4/c1-14-12-16(28-15-8-11-25-19-17(15)26-13-27-19)20(31)29-18(14)21(32)30(22(33)34-23(2,3)4)24(29)9-6-5-7-10-24/h8,11-13H,5-7,9-10H2,1-4H3,(H2,25,26,27,28). The van der Waals surface area contributed by atoms with Crippen LogP contribution in [0.25, 0.3) is 11.2 Å². The Kier molecular flexibility index (Phi) is 5.00. The zero-order valence-corrected chi connectivity index (χ0v) is 19.8. The molecule has 178 valence electrons. The van der Waals surface area contributed by atoms with E-state index < -0.39 is 23.3 Å². The summed E-state index contributed by atoms with van der Waals surface area (Å²) in [4.78, 5) is 53.4. The highest BCUT2D eigenvalue weighted by Crippen LogP contribution is 2.44. The molecule has 10 heteroatoms. The molecule has 3 aromatic rings. The van der Waals surface area contributed by atoms with E-state index in [1.807, 2.05) is 0 Å². The molecule has 4 heterocycles. The smallest absolute Gasteiger partial charge is 0.419 e. The first-order chi connectivity index (χ1) is 16.1. The van der Waals surface area contributed by atoms with Crippen LogP contribution in [-0.2, 0) is 10.4 Å². The Morgan fingerprint density at radius 1 is 1.15 bits per heavy atom. The molecule has 10 nitrogen and oxygen atoms in total. The van der Waals surface area contributed by atoms with Crippen molar-refractivity contribution in [1.82, 2.24) is 24.4 Å². The van der Waals surface area contributed by atoms with Gasteiger partial charge in [-0.25, -0.2) is 19.7 Å². The first-order valence-corrected chi connectivity index (χ1v) is 11.5. The number of nitrogens with one attached hydrogen (secondary N) is 2. The predicted octanol–water partition coefficient (Wildman–Crippen LogP) is 4.18. The number of imide groups is 1. The maximum absolute atomic E-state index is 13.9. The molecule has 1 aliphatic carbocycles. The average molecular weight is 465 g/mol. The number of fused-ring (bicyclic) bond motifs is 3. The van der Waals surface area contributed by atoms with Crippen LogP contribution in [0.3, 0.4) is 0 Å². The van der Waals surface area contributed by atoms with Crippen LogP contribution in [0, 0.1) is 6.92 Å². The van der Waals surface area contributed by atoms with Gasteiger partial charge in [0.15, 0.2) is 5.65 Å². The van der Waals surface area contributed by atoms with Gasteiger partial charge in [-0.3, -0.25) is 14.2 Å². The number of carbonyl (C=O) groups excluding carboxylic acids is 2. The van der Waals surface area contributed by atoms with Crippen molar-refractivity contribution in [2.75, 3.05) is 5.32 Å². The molecule has 2 amide bonds. The van der Waals surface area contributed by atoms with Gasteiger partial charge in [-0.2, -0.15) is 0 Å². The van der Waals surface area contributed by atoms with Gasteiger partial charge in [-0.1, -0.05) is 6.42 Å². The number of carbonyl (C=O) groups is 2. The summed E-state index contributed by atoms with van der Waals surface area (Å²) in [6.45, 7) is 7.06. The molecule has 0 aromatic carbocycles. The summed E-state index contributed by atoms with van der Waals surface area (Å²) < 4.78 is 7.14. The van der Waals surface area contributed by atoms with Gasteiger partial charge in [-0.15, -0.1) is 0 Å². The highest BCUT2D eigenvalue weighted by atomic mass is 16.6. The third-order valence-corrected chi connectivity index (χ3v) is 6.45. The predicted molar refractivity (Wildman–Crippen MR) is 126 cm³/mol. The largest absolute Gasteiger partial charge is 0.443 e. The Bertz CT molecular complexity index is 1360. The van der Waals surface area contributed by atoms with Crippen molar-refractivity contribution in [1.29, 1.82) is 0 Å². The number of rotatable bonds is 2. The number of H-pyrrole nitrogens is 1. The van der Waals surface area contributed by atoms with Gasteiger partial charge >= 0.3 is 6.09 Å². The van der Waals surface area contributed by atoms with E-state index in [0.717, 1.165) is 19.3 Å². The maximum atomic E-state index is 13.9. The van der Waals surface area contributed by atoms with Crippen molar-refractivity contribution in [3.63, 3.8) is 0 Å². The first-order valence-electron chi connectivity index (χ1n) is 11.5. The van der Waals surface area contributed by atoms with Crippen molar-refractivity contribution in [2.24, 2.45) is 0 Å². The molecule has 3 aromatic heterocycles. The van der Waals surface area contributed by atoms with Crippen molar-refractivity contribution < 1.29 is 14.3 Å². The second-order valence-electron chi connectivity index (χ2n) is 9.98. The normalized spacial score (nSPS) is 17.3. The van der Waals surface area contributed by atoms with Gasteiger partial charge in [0.1, 0.15) is 28.2 Å². The van der Waals surface area contributed by atoms with E-state index >= 15 is 0 Å². The molecule has 2 N–H and O–H groups in total. The Morgan fingerprint density at radius 2 is 1.88 bits per heavy atom. The molecule has 1 saturated carbocycles. The second-order valence-corrected chi connectivity index (χ2v) is 9.98. The van der Waals surface area contributed by atoms with E-state index in [-0.39, 0.29) is 11.3 Å². The maximum Gasteiger partial charge on any atom is 0.419 e. The SMILES string of the molecule is Cc1cc(Nc2ccnc3[nH]cnc23)c(=O)n2c1C(=O)N(C(=O)OC(C)(C)C)C21CCCCC1. The number of imidazole rings is 1. The quantitative estimate of drug-likeness (QED) is 0.583. The number of aryl methyl sites for hydroxylation is 1. The average Bonchev–Trinajstić information content (AvgIpc) is 3.33. The number of aromatic nitrogens is 4. The van der Waals surface area contributed by atoms with Crippen LogP contribution in [0.15, 0.2) is 29.5 Å². The molecule has 2 aliphatic rings. The molecule has 1 fully saturated rings. The van der Waals surface area contributed by atoms with Crippen LogP contribution in [-0.4, -0.2) is 42.0 Å². The lowest BCUT2D eigenvalue weighted by Crippen LogP contribution is -2.54. The van der Waals surface area contributed by atoms with Gasteiger partial charge in [0.2, 0.25) is 0 Å². The van der Waals surface area contributed by atoms with Crippen molar-refractivity contribution >= 4 is 34.5 Å². The first kappa shape index (κ1) is 22.1.